The van der Waals surface area contributed by atoms with Gasteiger partial charge in [-0.1, -0.05) is 24.8 Å². The molecule has 0 aliphatic carbocycles. The molecule has 0 aliphatic heterocycles. The van der Waals surface area contributed by atoms with Gasteiger partial charge in [-0.15, -0.1) is 0 Å². The number of para-hydroxylation sites is 2. The average Bonchev–Trinajstić information content (AvgIpc) is 2.65. The highest BCUT2D eigenvalue weighted by Crippen LogP contribution is 2.23. The monoisotopic (exact) mass is 353 g/mol. The van der Waals surface area contributed by atoms with Gasteiger partial charge >= 0.3 is 0 Å². The van der Waals surface area contributed by atoms with E-state index in [0.29, 0.717) is 18.0 Å². The van der Waals surface area contributed by atoms with Gasteiger partial charge in [0.2, 0.25) is 11.8 Å². The lowest BCUT2D eigenvalue weighted by atomic mass is 10.2. The zero-order valence-corrected chi connectivity index (χ0v) is 15.0. The zero-order valence-electron chi connectivity index (χ0n) is 15.0. The van der Waals surface area contributed by atoms with Crippen LogP contribution in [0.4, 0.5) is 17.1 Å². The highest BCUT2D eigenvalue weighted by Gasteiger charge is 2.08. The van der Waals surface area contributed by atoms with Crippen LogP contribution in [0.3, 0.4) is 0 Å². The largest absolute Gasteiger partial charge is 0.487 e. The van der Waals surface area contributed by atoms with E-state index in [1.807, 2.05) is 24.3 Å². The lowest BCUT2D eigenvalue weighted by Crippen LogP contribution is -2.23. The maximum absolute atomic E-state index is 12.1. The Balaban J connectivity index is 1.91. The molecule has 0 aromatic heterocycles. The van der Waals surface area contributed by atoms with Crippen molar-refractivity contribution in [3.8, 4) is 5.75 Å². The molecule has 0 saturated carbocycles. The Bertz CT molecular complexity index is 772. The van der Waals surface area contributed by atoms with Crippen LogP contribution in [0.1, 0.15) is 6.92 Å². The molecule has 0 unspecified atom stereocenters. The van der Waals surface area contributed by atoms with Crippen molar-refractivity contribution in [2.45, 2.75) is 6.92 Å². The van der Waals surface area contributed by atoms with Crippen molar-refractivity contribution >= 4 is 28.9 Å². The molecule has 0 atom stereocenters. The Labute approximate surface area is 153 Å². The number of hydrogen-bond acceptors (Lipinski definition) is 4. The molecule has 0 heterocycles. The number of carbonyl (C=O) groups is 2. The predicted molar refractivity (Wildman–Crippen MR) is 105 cm³/mol. The van der Waals surface area contributed by atoms with Crippen LogP contribution in [-0.2, 0) is 9.59 Å². The molecular formula is C20H23N3O3. The van der Waals surface area contributed by atoms with Gasteiger partial charge in [0.15, 0.2) is 0 Å². The summed E-state index contributed by atoms with van der Waals surface area (Å²) in [4.78, 5) is 25.0. The second-order valence-electron chi connectivity index (χ2n) is 5.62. The predicted octanol–water partition coefficient (Wildman–Crippen LogP) is 3.28. The van der Waals surface area contributed by atoms with Crippen molar-refractivity contribution in [3.05, 3.63) is 61.2 Å². The number of amides is 2. The van der Waals surface area contributed by atoms with Gasteiger partial charge in [0.05, 0.1) is 12.2 Å². The maximum atomic E-state index is 12.1. The minimum Gasteiger partial charge on any atom is -0.487 e. The fraction of sp³-hybridized carbons (Fsp3) is 0.200. The molecule has 2 N–H and O–H groups in total. The van der Waals surface area contributed by atoms with Crippen molar-refractivity contribution in [3.63, 3.8) is 0 Å². The van der Waals surface area contributed by atoms with Gasteiger partial charge in [-0.05, 0) is 36.4 Å². The van der Waals surface area contributed by atoms with E-state index in [0.717, 1.165) is 11.4 Å². The SMILES string of the molecule is C=CCOc1ccccc1NCC(=O)Nc1ccc(N(C)C(C)=O)cc1. The molecular weight excluding hydrogens is 330 g/mol. The Morgan fingerprint density at radius 2 is 1.85 bits per heavy atom. The molecule has 6 heteroatoms. The molecule has 6 nitrogen and oxygen atoms in total. The molecule has 0 radical (unpaired) electrons. The zero-order chi connectivity index (χ0) is 18.9. The van der Waals surface area contributed by atoms with E-state index in [1.54, 1.807) is 37.4 Å². The fourth-order valence-electron chi connectivity index (χ4n) is 2.22. The molecule has 26 heavy (non-hydrogen) atoms. The van der Waals surface area contributed by atoms with Crippen LogP contribution in [0, 0.1) is 0 Å². The second-order valence-corrected chi connectivity index (χ2v) is 5.62. The fourth-order valence-corrected chi connectivity index (χ4v) is 2.22. The van der Waals surface area contributed by atoms with Gasteiger partial charge in [-0.25, -0.2) is 0 Å². The Kier molecular flexibility index (Phi) is 6.79. The molecule has 0 bridgehead atoms. The van der Waals surface area contributed by atoms with Crippen molar-refractivity contribution in [2.24, 2.45) is 0 Å². The summed E-state index contributed by atoms with van der Waals surface area (Å²) < 4.78 is 5.55. The van der Waals surface area contributed by atoms with E-state index >= 15 is 0 Å². The third-order valence-corrected chi connectivity index (χ3v) is 3.69. The highest BCUT2D eigenvalue weighted by molar-refractivity contribution is 5.95. The van der Waals surface area contributed by atoms with E-state index in [9.17, 15) is 9.59 Å². The van der Waals surface area contributed by atoms with Gasteiger partial charge in [0.1, 0.15) is 12.4 Å². The van der Waals surface area contributed by atoms with Crippen molar-refractivity contribution in [1.29, 1.82) is 0 Å². The lowest BCUT2D eigenvalue weighted by molar-refractivity contribution is -0.116. The lowest BCUT2D eigenvalue weighted by Gasteiger charge is -2.15. The first-order valence-electron chi connectivity index (χ1n) is 8.22. The van der Waals surface area contributed by atoms with Gasteiger partial charge in [-0.3, -0.25) is 9.59 Å². The van der Waals surface area contributed by atoms with Crippen molar-refractivity contribution in [2.75, 3.05) is 35.7 Å². The Morgan fingerprint density at radius 3 is 2.50 bits per heavy atom. The van der Waals surface area contributed by atoms with Crippen LogP contribution in [-0.4, -0.2) is 32.0 Å². The number of nitrogens with one attached hydrogen (secondary N) is 2. The molecule has 136 valence electrons. The number of benzene rings is 2. The number of carbonyl (C=O) groups excluding carboxylic acids is 2. The molecule has 2 rings (SSSR count). The Morgan fingerprint density at radius 1 is 1.15 bits per heavy atom. The van der Waals surface area contributed by atoms with E-state index in [4.69, 9.17) is 4.74 Å². The van der Waals surface area contributed by atoms with Crippen LogP contribution in [0.2, 0.25) is 0 Å². The van der Waals surface area contributed by atoms with Crippen molar-refractivity contribution < 1.29 is 14.3 Å². The van der Waals surface area contributed by atoms with E-state index in [2.05, 4.69) is 17.2 Å². The number of rotatable bonds is 8. The van der Waals surface area contributed by atoms with Crippen LogP contribution < -0.4 is 20.3 Å². The first-order valence-corrected chi connectivity index (χ1v) is 8.22. The topological polar surface area (TPSA) is 70.7 Å². The molecule has 0 fully saturated rings. The smallest absolute Gasteiger partial charge is 0.243 e. The number of hydrogen-bond donors (Lipinski definition) is 2. The summed E-state index contributed by atoms with van der Waals surface area (Å²) in [7, 11) is 1.70. The summed E-state index contributed by atoms with van der Waals surface area (Å²) >= 11 is 0. The van der Waals surface area contributed by atoms with Gasteiger partial charge in [0.25, 0.3) is 0 Å². The highest BCUT2D eigenvalue weighted by atomic mass is 16.5. The standard InChI is InChI=1S/C20H23N3O3/c1-4-13-26-19-8-6-5-7-18(19)21-14-20(25)22-16-9-11-17(12-10-16)23(3)15(2)24/h4-12,21H,1,13-14H2,2-3H3,(H,22,25). The normalized spacial score (nSPS) is 9.92. The molecule has 0 saturated heterocycles. The number of anilines is 3. The molecule has 2 amide bonds. The van der Waals surface area contributed by atoms with Crippen LogP contribution in [0.15, 0.2) is 61.2 Å². The third-order valence-electron chi connectivity index (χ3n) is 3.69. The second kappa shape index (κ2) is 9.27. The third kappa shape index (κ3) is 5.37. The van der Waals surface area contributed by atoms with E-state index < -0.39 is 0 Å². The molecule has 2 aromatic carbocycles. The summed E-state index contributed by atoms with van der Waals surface area (Å²) in [5, 5.41) is 5.87. The molecule has 0 aliphatic rings. The van der Waals surface area contributed by atoms with Gasteiger partial charge in [0, 0.05) is 25.3 Å². The van der Waals surface area contributed by atoms with Gasteiger partial charge < -0.3 is 20.3 Å². The Hall–Kier alpha value is -3.28. The number of nitrogens with zero attached hydrogens (tertiary/aromatic N) is 1. The minimum atomic E-state index is -0.184. The maximum Gasteiger partial charge on any atom is 0.243 e. The van der Waals surface area contributed by atoms with Crippen LogP contribution in [0.25, 0.3) is 0 Å². The average molecular weight is 353 g/mol. The van der Waals surface area contributed by atoms with E-state index in [-0.39, 0.29) is 18.4 Å². The quantitative estimate of drug-likeness (QED) is 0.715. The minimum absolute atomic E-state index is 0.0525. The van der Waals surface area contributed by atoms with Crippen LogP contribution in [0.5, 0.6) is 5.75 Å². The van der Waals surface area contributed by atoms with Gasteiger partial charge in [-0.2, -0.15) is 0 Å². The molecule has 2 aromatic rings. The summed E-state index contributed by atoms with van der Waals surface area (Å²) in [6, 6.07) is 14.5. The summed E-state index contributed by atoms with van der Waals surface area (Å²) in [5.74, 6) is 0.427. The first-order chi connectivity index (χ1) is 12.5. The molecule has 0 spiro atoms. The van der Waals surface area contributed by atoms with E-state index in [1.165, 1.54) is 11.8 Å². The summed E-state index contributed by atoms with van der Waals surface area (Å²) in [5.41, 5.74) is 2.17. The number of ether oxygens (including phenoxy) is 1. The first kappa shape index (κ1) is 19.1. The summed E-state index contributed by atoms with van der Waals surface area (Å²) in [6.45, 7) is 5.62. The summed E-state index contributed by atoms with van der Waals surface area (Å²) in [6.07, 6.45) is 1.66. The van der Waals surface area contributed by atoms with Crippen molar-refractivity contribution in [1.82, 2.24) is 0 Å². The van der Waals surface area contributed by atoms with Crippen LogP contribution >= 0.6 is 0 Å².